The second kappa shape index (κ2) is 10.1. The van der Waals surface area contributed by atoms with Crippen LogP contribution in [0, 0.1) is 5.82 Å². The molecule has 5 aromatic heterocycles. The summed E-state index contributed by atoms with van der Waals surface area (Å²) in [6.45, 7) is 1.37. The number of pyridine rings is 3. The van der Waals surface area contributed by atoms with Crippen LogP contribution < -0.4 is 9.47 Å². The first-order valence-corrected chi connectivity index (χ1v) is 12.4. The van der Waals surface area contributed by atoms with Crippen molar-refractivity contribution in [3.05, 3.63) is 73.1 Å². The molecule has 0 aliphatic rings. The predicted octanol–water partition coefficient (Wildman–Crippen LogP) is 5.32. The second-order valence-electron chi connectivity index (χ2n) is 9.43. The third-order valence-corrected chi connectivity index (χ3v) is 6.45. The molecule has 10 heteroatoms. The SMILES string of the molecule is COc1cc(F)cc(-c2nccc3[nH]c(-c4n[nH]c5cnc(-c6cncc(OCCN(C)C)c6)cc45)cc23)c1. The Morgan fingerprint density at radius 1 is 0.872 bits per heavy atom. The number of aromatic amines is 2. The fourth-order valence-electron chi connectivity index (χ4n) is 4.49. The lowest BCUT2D eigenvalue weighted by Crippen LogP contribution is -2.19. The Labute approximate surface area is 223 Å². The van der Waals surface area contributed by atoms with E-state index in [0.717, 1.165) is 51.0 Å². The van der Waals surface area contributed by atoms with Crippen molar-refractivity contribution in [1.29, 1.82) is 0 Å². The highest BCUT2D eigenvalue weighted by atomic mass is 19.1. The molecular formula is C29H26FN7O2. The molecular weight excluding hydrogens is 497 g/mol. The molecule has 0 fully saturated rings. The number of fused-ring (bicyclic) bond motifs is 2. The fraction of sp³-hybridized carbons (Fsp3) is 0.172. The summed E-state index contributed by atoms with van der Waals surface area (Å²) in [4.78, 5) is 19.0. The zero-order valence-corrected chi connectivity index (χ0v) is 21.7. The Kier molecular flexibility index (Phi) is 6.37. The molecule has 9 nitrogen and oxygen atoms in total. The average molecular weight is 524 g/mol. The normalized spacial score (nSPS) is 11.5. The summed E-state index contributed by atoms with van der Waals surface area (Å²) < 4.78 is 25.4. The average Bonchev–Trinajstić information content (AvgIpc) is 3.56. The topological polar surface area (TPSA) is 105 Å². The van der Waals surface area contributed by atoms with Gasteiger partial charge in [-0.1, -0.05) is 0 Å². The standard InChI is InChI=1S/C29H26FN7O2/c1-37(2)6-7-39-21-10-18(14-31-15-21)25-12-23-27(16-33-25)35-36-29(23)26-13-22-24(34-26)4-5-32-28(22)17-8-19(30)11-20(9-17)38-3/h4-5,8-16,34H,6-7H2,1-3H3,(H,35,36). The van der Waals surface area contributed by atoms with Crippen molar-refractivity contribution in [1.82, 2.24) is 35.0 Å². The van der Waals surface area contributed by atoms with Crippen LogP contribution in [0.1, 0.15) is 0 Å². The smallest absolute Gasteiger partial charge is 0.138 e. The van der Waals surface area contributed by atoms with Gasteiger partial charge in [-0.2, -0.15) is 5.10 Å². The van der Waals surface area contributed by atoms with E-state index >= 15 is 0 Å². The Bertz CT molecular complexity index is 1790. The minimum absolute atomic E-state index is 0.390. The Hall–Kier alpha value is -4.83. The summed E-state index contributed by atoms with van der Waals surface area (Å²) in [7, 11) is 5.52. The zero-order valence-electron chi connectivity index (χ0n) is 21.7. The number of likely N-dealkylation sites (N-methyl/N-ethyl adjacent to an activating group) is 1. The van der Waals surface area contributed by atoms with Crippen LogP contribution in [0.3, 0.4) is 0 Å². The Morgan fingerprint density at radius 3 is 2.56 bits per heavy atom. The quantitative estimate of drug-likeness (QED) is 0.278. The van der Waals surface area contributed by atoms with E-state index in [1.165, 1.54) is 19.2 Å². The first-order chi connectivity index (χ1) is 19.0. The van der Waals surface area contributed by atoms with Crippen molar-refractivity contribution in [3.8, 4) is 45.4 Å². The lowest BCUT2D eigenvalue weighted by atomic mass is 10.1. The molecule has 6 aromatic rings. The molecule has 0 amide bonds. The van der Waals surface area contributed by atoms with Gasteiger partial charge in [0.05, 0.1) is 42.1 Å². The monoisotopic (exact) mass is 523 g/mol. The van der Waals surface area contributed by atoms with Crippen molar-refractivity contribution in [2.45, 2.75) is 0 Å². The Morgan fingerprint density at radius 2 is 1.72 bits per heavy atom. The van der Waals surface area contributed by atoms with Gasteiger partial charge in [0.2, 0.25) is 0 Å². The van der Waals surface area contributed by atoms with E-state index in [-0.39, 0.29) is 5.82 Å². The van der Waals surface area contributed by atoms with Gasteiger partial charge < -0.3 is 19.4 Å². The van der Waals surface area contributed by atoms with Gasteiger partial charge in [0.25, 0.3) is 0 Å². The van der Waals surface area contributed by atoms with Gasteiger partial charge in [-0.3, -0.25) is 20.1 Å². The van der Waals surface area contributed by atoms with Crippen molar-refractivity contribution in [2.75, 3.05) is 34.4 Å². The van der Waals surface area contributed by atoms with E-state index in [1.807, 2.05) is 38.4 Å². The largest absolute Gasteiger partial charge is 0.497 e. The summed E-state index contributed by atoms with van der Waals surface area (Å²) in [6, 6.07) is 12.3. The molecule has 0 saturated carbocycles. The predicted molar refractivity (Wildman–Crippen MR) is 148 cm³/mol. The molecule has 0 unspecified atom stereocenters. The molecule has 0 atom stereocenters. The maximum absolute atomic E-state index is 14.2. The van der Waals surface area contributed by atoms with Crippen LogP contribution in [0.25, 0.3) is 55.7 Å². The third kappa shape index (κ3) is 4.89. The highest BCUT2D eigenvalue weighted by Gasteiger charge is 2.16. The lowest BCUT2D eigenvalue weighted by Gasteiger charge is -2.11. The van der Waals surface area contributed by atoms with Crippen LogP contribution in [0.2, 0.25) is 0 Å². The van der Waals surface area contributed by atoms with Gasteiger partial charge in [0.1, 0.15) is 29.6 Å². The molecule has 6 rings (SSSR count). The molecule has 5 heterocycles. The minimum Gasteiger partial charge on any atom is -0.497 e. The van der Waals surface area contributed by atoms with E-state index in [1.54, 1.807) is 30.9 Å². The van der Waals surface area contributed by atoms with Gasteiger partial charge in [0.15, 0.2) is 0 Å². The number of methoxy groups -OCH3 is 1. The van der Waals surface area contributed by atoms with Gasteiger partial charge in [-0.05, 0) is 50.5 Å². The number of aromatic nitrogens is 6. The zero-order chi connectivity index (χ0) is 26.9. The molecule has 39 heavy (non-hydrogen) atoms. The number of H-pyrrole nitrogens is 2. The van der Waals surface area contributed by atoms with Gasteiger partial charge in [0, 0.05) is 52.4 Å². The number of nitrogens with zero attached hydrogens (tertiary/aromatic N) is 5. The van der Waals surface area contributed by atoms with Crippen molar-refractivity contribution < 1.29 is 13.9 Å². The van der Waals surface area contributed by atoms with Crippen molar-refractivity contribution >= 4 is 21.8 Å². The van der Waals surface area contributed by atoms with E-state index in [9.17, 15) is 4.39 Å². The molecule has 0 spiro atoms. The summed E-state index contributed by atoms with van der Waals surface area (Å²) in [5, 5.41) is 9.38. The van der Waals surface area contributed by atoms with Crippen LogP contribution >= 0.6 is 0 Å². The third-order valence-electron chi connectivity index (χ3n) is 6.45. The number of nitrogens with one attached hydrogen (secondary N) is 2. The first kappa shape index (κ1) is 24.5. The summed E-state index contributed by atoms with van der Waals surface area (Å²) in [6.07, 6.45) is 6.92. The molecule has 0 bridgehead atoms. The van der Waals surface area contributed by atoms with Gasteiger partial charge in [-0.15, -0.1) is 0 Å². The number of hydrogen-bond donors (Lipinski definition) is 2. The molecule has 0 saturated heterocycles. The van der Waals surface area contributed by atoms with Gasteiger partial charge in [-0.25, -0.2) is 4.39 Å². The number of halogens is 1. The van der Waals surface area contributed by atoms with E-state index in [2.05, 4.69) is 35.0 Å². The fourth-order valence-corrected chi connectivity index (χ4v) is 4.49. The van der Waals surface area contributed by atoms with Crippen LogP contribution in [0.15, 0.2) is 67.3 Å². The van der Waals surface area contributed by atoms with E-state index in [4.69, 9.17) is 9.47 Å². The Balaban J connectivity index is 1.38. The maximum atomic E-state index is 14.2. The highest BCUT2D eigenvalue weighted by Crippen LogP contribution is 2.35. The number of hydrogen-bond acceptors (Lipinski definition) is 7. The number of benzene rings is 1. The van der Waals surface area contributed by atoms with E-state index < -0.39 is 0 Å². The van der Waals surface area contributed by atoms with Crippen LogP contribution in [-0.2, 0) is 0 Å². The van der Waals surface area contributed by atoms with Crippen molar-refractivity contribution in [2.24, 2.45) is 0 Å². The first-order valence-electron chi connectivity index (χ1n) is 12.4. The molecule has 2 N–H and O–H groups in total. The summed E-state index contributed by atoms with van der Waals surface area (Å²) >= 11 is 0. The van der Waals surface area contributed by atoms with Crippen LogP contribution in [-0.4, -0.2) is 69.4 Å². The minimum atomic E-state index is -0.390. The molecule has 0 aliphatic carbocycles. The lowest BCUT2D eigenvalue weighted by molar-refractivity contribution is 0.261. The second-order valence-corrected chi connectivity index (χ2v) is 9.43. The van der Waals surface area contributed by atoms with Crippen LogP contribution in [0.4, 0.5) is 4.39 Å². The maximum Gasteiger partial charge on any atom is 0.138 e. The molecule has 1 aromatic carbocycles. The number of ether oxygens (including phenoxy) is 2. The van der Waals surface area contributed by atoms with Crippen LogP contribution in [0.5, 0.6) is 11.5 Å². The highest BCUT2D eigenvalue weighted by molar-refractivity contribution is 6.00. The molecule has 196 valence electrons. The molecule has 0 radical (unpaired) electrons. The van der Waals surface area contributed by atoms with E-state index in [0.29, 0.717) is 29.4 Å². The van der Waals surface area contributed by atoms with Crippen molar-refractivity contribution in [3.63, 3.8) is 0 Å². The van der Waals surface area contributed by atoms with Gasteiger partial charge >= 0.3 is 0 Å². The summed E-state index contributed by atoms with van der Waals surface area (Å²) in [5.41, 5.74) is 6.05. The number of rotatable bonds is 8. The molecule has 0 aliphatic heterocycles. The summed E-state index contributed by atoms with van der Waals surface area (Å²) in [5.74, 6) is 0.728.